The Morgan fingerprint density at radius 3 is 2.56 bits per heavy atom. The number of carboxylic acids is 1. The van der Waals surface area contributed by atoms with Crippen molar-refractivity contribution in [1.82, 2.24) is 0 Å². The highest BCUT2D eigenvalue weighted by Crippen LogP contribution is 2.46. The lowest BCUT2D eigenvalue weighted by atomic mass is 9.87. The van der Waals surface area contributed by atoms with Gasteiger partial charge in [-0.1, -0.05) is 60.7 Å². The number of aliphatic carboxylic acids is 1. The number of benzene rings is 3. The molecule has 3 aromatic carbocycles. The zero-order chi connectivity index (χ0) is 18.4. The summed E-state index contributed by atoms with van der Waals surface area (Å²) in [5.41, 5.74) is 4.89. The van der Waals surface area contributed by atoms with Gasteiger partial charge in [-0.15, -0.1) is 0 Å². The summed E-state index contributed by atoms with van der Waals surface area (Å²) < 4.78 is 0. The van der Waals surface area contributed by atoms with Crippen molar-refractivity contribution in [2.75, 3.05) is 4.90 Å². The van der Waals surface area contributed by atoms with E-state index in [2.05, 4.69) is 35.2 Å². The van der Waals surface area contributed by atoms with E-state index in [-0.39, 0.29) is 0 Å². The van der Waals surface area contributed by atoms with Gasteiger partial charge in [0.05, 0.1) is 17.0 Å². The molecule has 1 heterocycles. The Hall–Kier alpha value is -3.59. The highest BCUT2D eigenvalue weighted by atomic mass is 16.4. The van der Waals surface area contributed by atoms with Crippen LogP contribution in [0.2, 0.25) is 0 Å². The van der Waals surface area contributed by atoms with Crippen LogP contribution in [0.15, 0.2) is 96.2 Å². The number of anilines is 2. The molecule has 3 nitrogen and oxygen atoms in total. The van der Waals surface area contributed by atoms with Crippen LogP contribution in [0.5, 0.6) is 0 Å². The molecule has 0 spiro atoms. The Morgan fingerprint density at radius 2 is 1.70 bits per heavy atom. The van der Waals surface area contributed by atoms with Gasteiger partial charge in [-0.05, 0) is 47.0 Å². The lowest BCUT2D eigenvalue weighted by Crippen LogP contribution is -2.26. The van der Waals surface area contributed by atoms with Crippen LogP contribution in [0.1, 0.15) is 12.0 Å². The zero-order valence-electron chi connectivity index (χ0n) is 14.6. The second-order valence-electron chi connectivity index (χ2n) is 6.73. The molecule has 0 radical (unpaired) electrons. The largest absolute Gasteiger partial charge is 0.478 e. The van der Waals surface area contributed by atoms with Gasteiger partial charge in [-0.3, -0.25) is 0 Å². The zero-order valence-corrected chi connectivity index (χ0v) is 14.6. The van der Waals surface area contributed by atoms with E-state index in [1.807, 2.05) is 54.6 Å². The van der Waals surface area contributed by atoms with E-state index in [1.54, 1.807) is 0 Å². The monoisotopic (exact) mass is 351 g/mol. The highest BCUT2D eigenvalue weighted by Gasteiger charge is 2.32. The number of allylic oxidation sites excluding steroid dienone is 4. The van der Waals surface area contributed by atoms with Crippen LogP contribution >= 0.6 is 0 Å². The lowest BCUT2D eigenvalue weighted by Gasteiger charge is -2.36. The molecule has 3 heteroatoms. The number of hydrogen-bond donors (Lipinski definition) is 1. The molecule has 27 heavy (non-hydrogen) atoms. The van der Waals surface area contributed by atoms with Crippen LogP contribution in [-0.2, 0) is 4.79 Å². The van der Waals surface area contributed by atoms with Gasteiger partial charge < -0.3 is 10.0 Å². The number of hydrogen-bond acceptors (Lipinski definition) is 2. The van der Waals surface area contributed by atoms with E-state index in [1.165, 1.54) is 5.39 Å². The van der Waals surface area contributed by atoms with E-state index >= 15 is 0 Å². The van der Waals surface area contributed by atoms with Gasteiger partial charge in [-0.25, -0.2) is 4.79 Å². The first-order chi connectivity index (χ1) is 13.2. The fourth-order valence-electron chi connectivity index (χ4n) is 4.00. The Morgan fingerprint density at radius 1 is 0.926 bits per heavy atom. The van der Waals surface area contributed by atoms with Gasteiger partial charge in [0.15, 0.2) is 0 Å². The van der Waals surface area contributed by atoms with Crippen LogP contribution in [0.25, 0.3) is 16.3 Å². The predicted molar refractivity (Wildman–Crippen MR) is 109 cm³/mol. The summed E-state index contributed by atoms with van der Waals surface area (Å²) >= 11 is 0. The molecule has 5 rings (SSSR count). The van der Waals surface area contributed by atoms with E-state index in [0.29, 0.717) is 12.0 Å². The summed E-state index contributed by atoms with van der Waals surface area (Å²) in [4.78, 5) is 14.2. The van der Waals surface area contributed by atoms with E-state index in [0.717, 1.165) is 33.6 Å². The molecule has 0 fully saturated rings. The Bertz CT molecular complexity index is 1180. The number of para-hydroxylation sites is 1. The summed E-state index contributed by atoms with van der Waals surface area (Å²) in [6.45, 7) is 0. The van der Waals surface area contributed by atoms with Crippen LogP contribution < -0.4 is 4.90 Å². The number of carbonyl (C=O) groups is 1. The molecule has 1 aliphatic carbocycles. The SMILES string of the molecule is O=C(O)C1=C2CC=CC=C2N(c2ccc3ccccc3c2)c2ccccc21. The van der Waals surface area contributed by atoms with Gasteiger partial charge in [0.1, 0.15) is 0 Å². The maximum Gasteiger partial charge on any atom is 0.336 e. The molecule has 0 saturated heterocycles. The fourth-order valence-corrected chi connectivity index (χ4v) is 4.00. The molecule has 0 saturated carbocycles. The number of fused-ring (bicyclic) bond motifs is 3. The second-order valence-corrected chi connectivity index (χ2v) is 6.73. The molecule has 1 N–H and O–H groups in total. The van der Waals surface area contributed by atoms with Crippen molar-refractivity contribution in [2.24, 2.45) is 0 Å². The molecule has 0 atom stereocenters. The standard InChI is InChI=1S/C24H17NO2/c26-24(27)23-19-9-3-5-11-21(19)25(22-12-6-4-10-20(22)23)18-14-13-16-7-1-2-8-17(16)15-18/h1-9,11-15H,10H2,(H,26,27). The van der Waals surface area contributed by atoms with Crippen LogP contribution in [0.3, 0.4) is 0 Å². The van der Waals surface area contributed by atoms with Crippen LogP contribution in [0.4, 0.5) is 11.4 Å². The number of carboxylic acid groups (broad SMARTS) is 1. The third kappa shape index (κ3) is 2.40. The maximum atomic E-state index is 12.1. The van der Waals surface area contributed by atoms with Crippen molar-refractivity contribution >= 4 is 33.7 Å². The van der Waals surface area contributed by atoms with E-state index in [9.17, 15) is 9.90 Å². The minimum absolute atomic E-state index is 0.401. The number of rotatable bonds is 2. The smallest absolute Gasteiger partial charge is 0.336 e. The topological polar surface area (TPSA) is 40.5 Å². The van der Waals surface area contributed by atoms with E-state index in [4.69, 9.17) is 0 Å². The first-order valence-corrected chi connectivity index (χ1v) is 8.96. The van der Waals surface area contributed by atoms with Crippen LogP contribution in [-0.4, -0.2) is 11.1 Å². The molecule has 0 bridgehead atoms. The average molecular weight is 351 g/mol. The van der Waals surface area contributed by atoms with Gasteiger partial charge in [-0.2, -0.15) is 0 Å². The third-order valence-corrected chi connectivity index (χ3v) is 5.18. The predicted octanol–water partition coefficient (Wildman–Crippen LogP) is 5.67. The van der Waals surface area contributed by atoms with Crippen molar-refractivity contribution in [2.45, 2.75) is 6.42 Å². The first-order valence-electron chi connectivity index (χ1n) is 8.96. The molecule has 3 aromatic rings. The van der Waals surface area contributed by atoms with Crippen molar-refractivity contribution in [3.05, 3.63) is 102 Å². The second kappa shape index (κ2) is 5.99. The van der Waals surface area contributed by atoms with Crippen molar-refractivity contribution in [3.63, 3.8) is 0 Å². The molecule has 130 valence electrons. The summed E-state index contributed by atoms with van der Waals surface area (Å²) in [6.07, 6.45) is 6.63. The van der Waals surface area contributed by atoms with Gasteiger partial charge in [0.25, 0.3) is 0 Å². The maximum absolute atomic E-state index is 12.1. The minimum Gasteiger partial charge on any atom is -0.478 e. The van der Waals surface area contributed by atoms with Gasteiger partial charge in [0.2, 0.25) is 0 Å². The average Bonchev–Trinajstić information content (AvgIpc) is 2.71. The molecular formula is C24H17NO2. The number of nitrogens with zero attached hydrogens (tertiary/aromatic N) is 1. The lowest BCUT2D eigenvalue weighted by molar-refractivity contribution is -0.130. The normalized spacial score (nSPS) is 15.4. The molecular weight excluding hydrogens is 334 g/mol. The van der Waals surface area contributed by atoms with Crippen molar-refractivity contribution < 1.29 is 9.90 Å². The first kappa shape index (κ1) is 15.6. The molecule has 0 aromatic heterocycles. The third-order valence-electron chi connectivity index (χ3n) is 5.18. The van der Waals surface area contributed by atoms with E-state index < -0.39 is 5.97 Å². The summed E-state index contributed by atoms with van der Waals surface area (Å²) in [5.74, 6) is -0.878. The molecule has 0 amide bonds. The highest BCUT2D eigenvalue weighted by molar-refractivity contribution is 6.21. The van der Waals surface area contributed by atoms with Gasteiger partial charge >= 0.3 is 5.97 Å². The summed E-state index contributed by atoms with van der Waals surface area (Å²) in [6, 6.07) is 22.4. The molecule has 2 aliphatic rings. The van der Waals surface area contributed by atoms with Gasteiger partial charge in [0, 0.05) is 11.3 Å². The summed E-state index contributed by atoms with van der Waals surface area (Å²) in [7, 11) is 0. The minimum atomic E-state index is -0.878. The van der Waals surface area contributed by atoms with Crippen LogP contribution in [0, 0.1) is 0 Å². The Balaban J connectivity index is 1.80. The Kier molecular flexibility index (Phi) is 3.47. The fraction of sp³-hybridized carbons (Fsp3) is 0.0417. The molecule has 1 aliphatic heterocycles. The molecule has 0 unspecified atom stereocenters. The Labute approximate surface area is 157 Å². The summed E-state index contributed by atoms with van der Waals surface area (Å²) in [5, 5.41) is 12.2. The van der Waals surface area contributed by atoms with Crippen molar-refractivity contribution in [3.8, 4) is 0 Å². The quantitative estimate of drug-likeness (QED) is 0.646. The van der Waals surface area contributed by atoms with Crippen molar-refractivity contribution in [1.29, 1.82) is 0 Å².